The lowest BCUT2D eigenvalue weighted by Crippen LogP contribution is -2.60. The third-order valence-corrected chi connectivity index (χ3v) is 7.73. The van der Waals surface area contributed by atoms with Crippen molar-refractivity contribution in [2.45, 2.75) is 58.2 Å². The Kier molecular flexibility index (Phi) is 5.42. The minimum atomic E-state index is -0.755. The first-order valence-electron chi connectivity index (χ1n) is 11.6. The van der Waals surface area contributed by atoms with E-state index in [0.29, 0.717) is 51.0 Å². The fourth-order valence-electron chi connectivity index (χ4n) is 5.55. The van der Waals surface area contributed by atoms with Gasteiger partial charge in [0, 0.05) is 49.4 Å². The molecular formula is C25H30N2O5. The van der Waals surface area contributed by atoms with Gasteiger partial charge in [0.25, 0.3) is 5.91 Å². The highest BCUT2D eigenvalue weighted by Gasteiger charge is 2.48. The highest BCUT2D eigenvalue weighted by Crippen LogP contribution is 2.36. The topological polar surface area (TPSA) is 76.2 Å². The van der Waals surface area contributed by atoms with Gasteiger partial charge in [0.2, 0.25) is 0 Å². The summed E-state index contributed by atoms with van der Waals surface area (Å²) in [6, 6.07) is 3.92. The SMILES string of the molecule is CC1=C(N2CCOC3(CCN(CCc4ccc5c(c4C)COC5=O)CC3)C2=O)CCC1=O. The van der Waals surface area contributed by atoms with E-state index < -0.39 is 5.60 Å². The normalized spacial score (nSPS) is 23.3. The van der Waals surface area contributed by atoms with Crippen LogP contribution in [-0.2, 0) is 32.1 Å². The van der Waals surface area contributed by atoms with Crippen molar-refractivity contribution in [1.29, 1.82) is 0 Å². The maximum Gasteiger partial charge on any atom is 0.338 e. The van der Waals surface area contributed by atoms with E-state index in [4.69, 9.17) is 9.47 Å². The van der Waals surface area contributed by atoms with Crippen LogP contribution in [0, 0.1) is 6.92 Å². The zero-order chi connectivity index (χ0) is 22.5. The molecule has 0 bridgehead atoms. The Bertz CT molecular complexity index is 1020. The zero-order valence-corrected chi connectivity index (χ0v) is 18.9. The van der Waals surface area contributed by atoms with Crippen LogP contribution in [0.1, 0.15) is 59.7 Å². The molecule has 5 rings (SSSR count). The Morgan fingerprint density at radius 2 is 1.81 bits per heavy atom. The van der Waals surface area contributed by atoms with Crippen LogP contribution >= 0.6 is 0 Å². The number of ether oxygens (including phenoxy) is 2. The first-order valence-corrected chi connectivity index (χ1v) is 11.6. The molecule has 2 fully saturated rings. The molecule has 1 spiro atoms. The number of piperidine rings is 1. The standard InChI is InChI=1S/C25H30N2O5/c1-16-18(3-4-19-20(16)15-31-23(19)29)7-10-26-11-8-25(9-12-26)24(30)27(13-14-32-25)21-5-6-22(28)17(21)2/h3-4H,5-15H2,1-2H3. The van der Waals surface area contributed by atoms with Gasteiger partial charge in [-0.2, -0.15) is 0 Å². The summed E-state index contributed by atoms with van der Waals surface area (Å²) in [6.45, 7) is 7.85. The van der Waals surface area contributed by atoms with E-state index in [1.807, 2.05) is 24.0 Å². The Balaban J connectivity index is 1.21. The summed E-state index contributed by atoms with van der Waals surface area (Å²) in [7, 11) is 0. The quantitative estimate of drug-likeness (QED) is 0.673. The van der Waals surface area contributed by atoms with Crippen molar-refractivity contribution in [3.8, 4) is 0 Å². The molecule has 0 atom stereocenters. The number of esters is 1. The summed E-state index contributed by atoms with van der Waals surface area (Å²) in [6.07, 6.45) is 3.42. The van der Waals surface area contributed by atoms with Crippen LogP contribution in [0.2, 0.25) is 0 Å². The van der Waals surface area contributed by atoms with Crippen LogP contribution in [0.4, 0.5) is 0 Å². The van der Waals surface area contributed by atoms with Gasteiger partial charge in [0.1, 0.15) is 12.2 Å². The molecule has 0 N–H and O–H groups in total. The van der Waals surface area contributed by atoms with Crippen molar-refractivity contribution in [3.05, 3.63) is 45.7 Å². The lowest BCUT2D eigenvalue weighted by molar-refractivity contribution is -0.176. The number of benzene rings is 1. The molecule has 1 amide bonds. The molecule has 2 saturated heterocycles. The average Bonchev–Trinajstić information content (AvgIpc) is 3.34. The second-order valence-corrected chi connectivity index (χ2v) is 9.34. The smallest absolute Gasteiger partial charge is 0.338 e. The molecule has 7 nitrogen and oxygen atoms in total. The average molecular weight is 439 g/mol. The number of rotatable bonds is 4. The summed E-state index contributed by atoms with van der Waals surface area (Å²) >= 11 is 0. The van der Waals surface area contributed by atoms with Gasteiger partial charge in [-0.15, -0.1) is 0 Å². The molecule has 32 heavy (non-hydrogen) atoms. The number of nitrogens with zero attached hydrogens (tertiary/aromatic N) is 2. The van der Waals surface area contributed by atoms with E-state index in [0.717, 1.165) is 48.5 Å². The fourth-order valence-corrected chi connectivity index (χ4v) is 5.55. The first kappa shape index (κ1) is 21.3. The van der Waals surface area contributed by atoms with E-state index in [2.05, 4.69) is 11.8 Å². The molecule has 1 aromatic rings. The minimum Gasteiger partial charge on any atom is -0.457 e. The van der Waals surface area contributed by atoms with Crippen LogP contribution in [0.5, 0.6) is 0 Å². The summed E-state index contributed by atoms with van der Waals surface area (Å²) in [4.78, 5) is 41.4. The number of fused-ring (bicyclic) bond motifs is 1. The molecule has 7 heteroatoms. The van der Waals surface area contributed by atoms with Crippen LogP contribution in [0.15, 0.2) is 23.4 Å². The number of likely N-dealkylation sites (tertiary alicyclic amines) is 1. The van der Waals surface area contributed by atoms with Crippen molar-refractivity contribution in [2.24, 2.45) is 0 Å². The van der Waals surface area contributed by atoms with Crippen molar-refractivity contribution in [3.63, 3.8) is 0 Å². The number of carbonyl (C=O) groups excluding carboxylic acids is 3. The molecule has 3 heterocycles. The Hall–Kier alpha value is -2.51. The van der Waals surface area contributed by atoms with Gasteiger partial charge >= 0.3 is 5.97 Å². The largest absolute Gasteiger partial charge is 0.457 e. The maximum atomic E-state index is 13.4. The predicted molar refractivity (Wildman–Crippen MR) is 117 cm³/mol. The van der Waals surface area contributed by atoms with Gasteiger partial charge in [-0.05, 0) is 56.7 Å². The number of Topliss-reactive ketones (excluding diaryl/α,β-unsaturated/α-hetero) is 1. The molecule has 1 aliphatic carbocycles. The number of carbonyl (C=O) groups is 3. The van der Waals surface area contributed by atoms with E-state index in [1.165, 1.54) is 5.56 Å². The molecule has 0 unspecified atom stereocenters. The van der Waals surface area contributed by atoms with Crippen LogP contribution in [0.3, 0.4) is 0 Å². The second-order valence-electron chi connectivity index (χ2n) is 9.34. The van der Waals surface area contributed by atoms with Crippen LogP contribution in [0.25, 0.3) is 0 Å². The molecule has 4 aliphatic rings. The minimum absolute atomic E-state index is 0.0339. The molecule has 0 aromatic heterocycles. The van der Waals surface area contributed by atoms with Gasteiger partial charge in [0.05, 0.1) is 12.2 Å². The predicted octanol–water partition coefficient (Wildman–Crippen LogP) is 2.54. The molecule has 0 saturated carbocycles. The number of hydrogen-bond donors (Lipinski definition) is 0. The lowest BCUT2D eigenvalue weighted by atomic mass is 9.87. The van der Waals surface area contributed by atoms with Crippen molar-refractivity contribution >= 4 is 17.7 Å². The summed E-state index contributed by atoms with van der Waals surface area (Å²) in [5, 5.41) is 0. The second kappa shape index (κ2) is 8.12. The van der Waals surface area contributed by atoms with Gasteiger partial charge < -0.3 is 19.3 Å². The first-order chi connectivity index (χ1) is 15.4. The summed E-state index contributed by atoms with van der Waals surface area (Å²) < 4.78 is 11.3. The maximum absolute atomic E-state index is 13.4. The third kappa shape index (κ3) is 3.48. The van der Waals surface area contributed by atoms with Crippen LogP contribution < -0.4 is 0 Å². The van der Waals surface area contributed by atoms with E-state index in [-0.39, 0.29) is 17.7 Å². The van der Waals surface area contributed by atoms with E-state index >= 15 is 0 Å². The highest BCUT2D eigenvalue weighted by atomic mass is 16.5. The molecule has 0 radical (unpaired) electrons. The monoisotopic (exact) mass is 438 g/mol. The molecule has 170 valence electrons. The fraction of sp³-hybridized carbons (Fsp3) is 0.560. The molecule has 1 aromatic carbocycles. The highest BCUT2D eigenvalue weighted by molar-refractivity contribution is 5.99. The van der Waals surface area contributed by atoms with Gasteiger partial charge in [-0.3, -0.25) is 9.59 Å². The summed E-state index contributed by atoms with van der Waals surface area (Å²) in [5.74, 6) is -0.0392. The number of morpholine rings is 1. The van der Waals surface area contributed by atoms with Crippen molar-refractivity contribution in [2.75, 3.05) is 32.8 Å². The van der Waals surface area contributed by atoms with Crippen molar-refractivity contribution in [1.82, 2.24) is 9.80 Å². The summed E-state index contributed by atoms with van der Waals surface area (Å²) in [5.41, 5.74) is 4.99. The van der Waals surface area contributed by atoms with E-state index in [9.17, 15) is 14.4 Å². The number of hydrogen-bond acceptors (Lipinski definition) is 6. The molecule has 3 aliphatic heterocycles. The van der Waals surface area contributed by atoms with Gasteiger partial charge in [-0.1, -0.05) is 6.07 Å². The van der Waals surface area contributed by atoms with E-state index in [1.54, 1.807) is 0 Å². The Morgan fingerprint density at radius 3 is 2.53 bits per heavy atom. The Morgan fingerprint density at radius 1 is 1.03 bits per heavy atom. The van der Waals surface area contributed by atoms with Crippen molar-refractivity contribution < 1.29 is 23.9 Å². The number of amides is 1. The van der Waals surface area contributed by atoms with Gasteiger partial charge in [0.15, 0.2) is 5.78 Å². The molecular weight excluding hydrogens is 408 g/mol. The lowest BCUT2D eigenvalue weighted by Gasteiger charge is -2.46. The Labute approximate surface area is 188 Å². The number of cyclic esters (lactones) is 1. The number of allylic oxidation sites excluding steroid dienone is 2. The van der Waals surface area contributed by atoms with Crippen LogP contribution in [-0.4, -0.2) is 65.8 Å². The third-order valence-electron chi connectivity index (χ3n) is 7.73. The van der Waals surface area contributed by atoms with Gasteiger partial charge in [-0.25, -0.2) is 4.79 Å². The number of ketones is 1. The zero-order valence-electron chi connectivity index (χ0n) is 18.9.